The number of anilines is 1. The van der Waals surface area contributed by atoms with Gasteiger partial charge in [-0.1, -0.05) is 18.0 Å². The number of benzene rings is 1. The minimum Gasteiger partial charge on any atom is -0.439 e. The first kappa shape index (κ1) is 17.2. The zero-order valence-corrected chi connectivity index (χ0v) is 15.7. The van der Waals surface area contributed by atoms with Gasteiger partial charge in [-0.25, -0.2) is 4.98 Å². The molecule has 1 fully saturated rings. The van der Waals surface area contributed by atoms with E-state index in [9.17, 15) is 5.11 Å². The highest BCUT2D eigenvalue weighted by Gasteiger charge is 2.29. The van der Waals surface area contributed by atoms with Crippen LogP contribution in [0.4, 0.5) is 5.69 Å². The highest BCUT2D eigenvalue weighted by atomic mass is 127. The second-order valence-electron chi connectivity index (χ2n) is 5.74. The SMILES string of the molecule is CC(C)(O)c1c(N)cc2nc(C3CCC3)oc2c1Cl.SI. The van der Waals surface area contributed by atoms with Crippen LogP contribution in [-0.4, -0.2) is 10.1 Å². The summed E-state index contributed by atoms with van der Waals surface area (Å²) < 4.78 is 5.78. The number of rotatable bonds is 2. The molecule has 0 atom stereocenters. The molecule has 3 N–H and O–H groups in total. The molecule has 1 aromatic heterocycles. The van der Waals surface area contributed by atoms with Gasteiger partial charge >= 0.3 is 0 Å². The molecule has 0 spiro atoms. The van der Waals surface area contributed by atoms with Crippen molar-refractivity contribution >= 4 is 59.4 Å². The number of halogens is 2. The third-order valence-corrected chi connectivity index (χ3v) is 4.10. The smallest absolute Gasteiger partial charge is 0.198 e. The van der Waals surface area contributed by atoms with Gasteiger partial charge in [-0.2, -0.15) is 0 Å². The van der Waals surface area contributed by atoms with Crippen molar-refractivity contribution in [2.75, 3.05) is 5.73 Å². The van der Waals surface area contributed by atoms with Gasteiger partial charge in [-0.3, -0.25) is 0 Å². The first-order valence-corrected chi connectivity index (χ1v) is 10.3. The van der Waals surface area contributed by atoms with Crippen LogP contribution in [0, 0.1) is 0 Å². The number of aromatic nitrogens is 1. The summed E-state index contributed by atoms with van der Waals surface area (Å²) in [5.74, 6) is 1.13. The predicted molar refractivity (Wildman–Crippen MR) is 98.3 cm³/mol. The maximum absolute atomic E-state index is 10.2. The highest BCUT2D eigenvalue weighted by Crippen LogP contribution is 2.42. The van der Waals surface area contributed by atoms with E-state index in [1.54, 1.807) is 19.9 Å². The molecule has 2 aromatic rings. The van der Waals surface area contributed by atoms with Gasteiger partial charge in [0.25, 0.3) is 0 Å². The standard InChI is InChI=1S/C14H17ClN2O2.HIS/c1-14(2,18)10-8(16)6-9-12(11(10)15)19-13(17-9)7-4-3-5-7;1-2/h6-7,18H,3-5,16H2,1-2H3;2H. The summed E-state index contributed by atoms with van der Waals surface area (Å²) in [6, 6.07) is 1.72. The Morgan fingerprint density at radius 3 is 2.57 bits per heavy atom. The molecule has 0 amide bonds. The van der Waals surface area contributed by atoms with Crippen LogP contribution in [0.3, 0.4) is 0 Å². The fourth-order valence-electron chi connectivity index (χ4n) is 2.52. The second-order valence-corrected chi connectivity index (χ2v) is 6.12. The molecule has 0 saturated heterocycles. The van der Waals surface area contributed by atoms with Gasteiger partial charge in [-0.15, -0.1) is 9.80 Å². The van der Waals surface area contributed by atoms with Crippen LogP contribution in [0.25, 0.3) is 11.1 Å². The van der Waals surface area contributed by atoms with Crippen LogP contribution in [-0.2, 0) is 5.60 Å². The summed E-state index contributed by atoms with van der Waals surface area (Å²) in [5, 5.41) is 10.5. The lowest BCUT2D eigenvalue weighted by Gasteiger charge is -2.21. The maximum atomic E-state index is 10.2. The lowest BCUT2D eigenvalue weighted by molar-refractivity contribution is 0.0795. The third-order valence-electron chi connectivity index (χ3n) is 3.74. The zero-order chi connectivity index (χ0) is 15.8. The van der Waals surface area contributed by atoms with Crippen molar-refractivity contribution in [1.82, 2.24) is 4.98 Å². The molecule has 0 unspecified atom stereocenters. The number of aliphatic hydroxyl groups is 1. The molecule has 0 aliphatic heterocycles. The van der Waals surface area contributed by atoms with Crippen molar-refractivity contribution in [3.8, 4) is 0 Å². The van der Waals surface area contributed by atoms with E-state index in [1.807, 2.05) is 21.2 Å². The monoisotopic (exact) mass is 440 g/mol. The average Bonchev–Trinajstić information content (AvgIpc) is 2.71. The van der Waals surface area contributed by atoms with E-state index in [1.165, 1.54) is 6.42 Å². The van der Waals surface area contributed by atoms with Crippen molar-refractivity contribution in [1.29, 1.82) is 0 Å². The van der Waals surface area contributed by atoms with Crippen LogP contribution < -0.4 is 5.73 Å². The van der Waals surface area contributed by atoms with Crippen LogP contribution in [0.5, 0.6) is 0 Å². The number of nitrogens with two attached hydrogens (primary N) is 1. The number of nitrogens with zero attached hydrogens (tertiary/aromatic N) is 1. The van der Waals surface area contributed by atoms with Crippen molar-refractivity contribution in [2.24, 2.45) is 0 Å². The van der Waals surface area contributed by atoms with Gasteiger partial charge < -0.3 is 15.3 Å². The molecule has 7 heteroatoms. The normalized spacial score (nSPS) is 15.5. The summed E-state index contributed by atoms with van der Waals surface area (Å²) in [5.41, 5.74) is 7.00. The number of hydrogen-bond acceptors (Lipinski definition) is 5. The summed E-state index contributed by atoms with van der Waals surface area (Å²) in [6.07, 6.45) is 3.44. The van der Waals surface area contributed by atoms with E-state index in [4.69, 9.17) is 21.8 Å². The lowest BCUT2D eigenvalue weighted by atomic mass is 9.85. The van der Waals surface area contributed by atoms with Crippen molar-refractivity contribution in [3.05, 3.63) is 22.5 Å². The summed E-state index contributed by atoms with van der Waals surface area (Å²) in [4.78, 5) is 4.47. The van der Waals surface area contributed by atoms with E-state index >= 15 is 0 Å². The second kappa shape index (κ2) is 6.52. The van der Waals surface area contributed by atoms with Gasteiger partial charge in [0.05, 0.1) is 10.6 Å². The Morgan fingerprint density at radius 2 is 2.10 bits per heavy atom. The van der Waals surface area contributed by atoms with E-state index < -0.39 is 5.60 Å². The average molecular weight is 441 g/mol. The molecule has 4 nitrogen and oxygen atoms in total. The summed E-state index contributed by atoms with van der Waals surface area (Å²) in [7, 11) is 3.50. The van der Waals surface area contributed by atoms with E-state index in [2.05, 4.69) is 14.8 Å². The van der Waals surface area contributed by atoms with Crippen LogP contribution in [0.2, 0.25) is 5.02 Å². The van der Waals surface area contributed by atoms with E-state index in [-0.39, 0.29) is 0 Å². The van der Waals surface area contributed by atoms with Crippen molar-refractivity contribution in [3.63, 3.8) is 0 Å². The molecule has 21 heavy (non-hydrogen) atoms. The van der Waals surface area contributed by atoms with Crippen molar-refractivity contribution < 1.29 is 9.52 Å². The first-order chi connectivity index (χ1) is 9.88. The fraction of sp³-hybridized carbons (Fsp3) is 0.500. The molecule has 1 aliphatic carbocycles. The summed E-state index contributed by atoms with van der Waals surface area (Å²) in [6.45, 7) is 3.30. The van der Waals surface area contributed by atoms with Crippen LogP contribution in [0.1, 0.15) is 50.5 Å². The summed E-state index contributed by atoms with van der Waals surface area (Å²) >= 11 is 8.18. The minimum atomic E-state index is -1.11. The van der Waals surface area contributed by atoms with Crippen LogP contribution in [0.15, 0.2) is 10.5 Å². The molecule has 0 radical (unpaired) electrons. The van der Waals surface area contributed by atoms with E-state index in [0.717, 1.165) is 18.7 Å². The number of oxazole rings is 1. The van der Waals surface area contributed by atoms with Gasteiger partial charge in [-0.05, 0) is 54.0 Å². The predicted octanol–water partition coefficient (Wildman–Crippen LogP) is 4.82. The Labute approximate surface area is 146 Å². The Morgan fingerprint density at radius 1 is 1.48 bits per heavy atom. The molecule has 116 valence electrons. The van der Waals surface area contributed by atoms with Crippen molar-refractivity contribution in [2.45, 2.75) is 44.6 Å². The largest absolute Gasteiger partial charge is 0.439 e. The minimum absolute atomic E-state index is 0.362. The zero-order valence-electron chi connectivity index (χ0n) is 11.9. The Bertz CT molecular complexity index is 650. The maximum Gasteiger partial charge on any atom is 0.198 e. The van der Waals surface area contributed by atoms with E-state index in [0.29, 0.717) is 33.3 Å². The van der Waals surface area contributed by atoms with Gasteiger partial charge in [0.15, 0.2) is 11.5 Å². The molecule has 1 aliphatic rings. The lowest BCUT2D eigenvalue weighted by Crippen LogP contribution is -2.18. The van der Waals surface area contributed by atoms with Gasteiger partial charge in [0, 0.05) is 17.2 Å². The van der Waals surface area contributed by atoms with Gasteiger partial charge in [0.1, 0.15) is 5.52 Å². The van der Waals surface area contributed by atoms with Crippen LogP contribution >= 0.6 is 42.6 Å². The Hall–Kier alpha value is -0.180. The molecule has 0 bridgehead atoms. The molecular formula is C14H18ClIN2O2S. The molecular weight excluding hydrogens is 423 g/mol. The topological polar surface area (TPSA) is 72.3 Å². The molecule has 1 heterocycles. The number of thiol groups is 1. The number of fused-ring (bicyclic) bond motifs is 1. The number of hydrogen-bond donors (Lipinski definition) is 3. The fourth-order valence-corrected chi connectivity index (χ4v) is 2.99. The Kier molecular flexibility index (Phi) is 5.33. The molecule has 1 aromatic carbocycles. The first-order valence-electron chi connectivity index (χ1n) is 6.66. The Balaban J connectivity index is 0.000000774. The third kappa shape index (κ3) is 3.28. The highest BCUT2D eigenvalue weighted by molar-refractivity contribution is 14.2. The number of nitrogen functional groups attached to an aromatic ring is 1. The van der Waals surface area contributed by atoms with Gasteiger partial charge in [0.2, 0.25) is 0 Å². The molecule has 3 rings (SSSR count). The molecule has 1 saturated carbocycles. The quantitative estimate of drug-likeness (QED) is 0.355.